The summed E-state index contributed by atoms with van der Waals surface area (Å²) in [6, 6.07) is 9.98. The van der Waals surface area contributed by atoms with E-state index < -0.39 is 47.1 Å². The summed E-state index contributed by atoms with van der Waals surface area (Å²) in [5, 5.41) is 14.2. The van der Waals surface area contributed by atoms with Gasteiger partial charge < -0.3 is 15.2 Å². The zero-order valence-corrected chi connectivity index (χ0v) is 19.6. The Balaban J connectivity index is 2.04. The van der Waals surface area contributed by atoms with Crippen molar-refractivity contribution in [2.75, 3.05) is 6.54 Å². The standard InChI is InChI=1S/C24H23Cl2NO5/c1-12-16(26)10-9-15-18(12)21(29)20(23(31)27-11-17(28)32-24(2,3)4)22(30)19(15)13-5-7-14(25)8-6-13/h5-10,19,29H,11H2,1-4H3,(H,27,31). The van der Waals surface area contributed by atoms with Crippen LogP contribution in [0.3, 0.4) is 0 Å². The maximum atomic E-state index is 13.4. The van der Waals surface area contributed by atoms with Crippen molar-refractivity contribution in [2.24, 2.45) is 0 Å². The molecule has 0 heterocycles. The Bertz CT molecular complexity index is 1130. The summed E-state index contributed by atoms with van der Waals surface area (Å²) in [6.07, 6.45) is 0. The number of carbonyl (C=O) groups excluding carboxylic acids is 3. The van der Waals surface area contributed by atoms with Crippen molar-refractivity contribution in [2.45, 2.75) is 39.2 Å². The lowest BCUT2D eigenvalue weighted by Crippen LogP contribution is -2.39. The van der Waals surface area contributed by atoms with E-state index in [1.165, 1.54) is 0 Å². The topological polar surface area (TPSA) is 92.7 Å². The van der Waals surface area contributed by atoms with Crippen LogP contribution in [0.1, 0.15) is 48.9 Å². The number of rotatable bonds is 4. The molecule has 2 aromatic carbocycles. The van der Waals surface area contributed by atoms with Gasteiger partial charge in [0.1, 0.15) is 23.5 Å². The molecule has 1 aliphatic rings. The molecule has 0 fully saturated rings. The molecule has 0 saturated heterocycles. The fraction of sp³-hybridized carbons (Fsp3) is 0.292. The summed E-state index contributed by atoms with van der Waals surface area (Å²) in [5.41, 5.74) is 0.820. The average molecular weight is 476 g/mol. The van der Waals surface area contributed by atoms with Gasteiger partial charge in [-0.15, -0.1) is 0 Å². The van der Waals surface area contributed by atoms with Gasteiger partial charge in [-0.1, -0.05) is 41.4 Å². The second-order valence-electron chi connectivity index (χ2n) is 8.48. The summed E-state index contributed by atoms with van der Waals surface area (Å²) in [6.45, 7) is 6.35. The summed E-state index contributed by atoms with van der Waals surface area (Å²) in [4.78, 5) is 38.3. The van der Waals surface area contributed by atoms with Crippen LogP contribution < -0.4 is 5.32 Å². The Kier molecular flexibility index (Phi) is 6.67. The van der Waals surface area contributed by atoms with E-state index in [1.807, 2.05) is 0 Å². The SMILES string of the molecule is Cc1c(Cl)ccc2c1C(O)=C(C(=O)NCC(=O)OC(C)(C)C)C(=O)C2c1ccc(Cl)cc1. The van der Waals surface area contributed by atoms with Crippen LogP contribution in [-0.2, 0) is 19.1 Å². The van der Waals surface area contributed by atoms with E-state index in [4.69, 9.17) is 27.9 Å². The van der Waals surface area contributed by atoms with E-state index in [2.05, 4.69) is 5.32 Å². The second kappa shape index (κ2) is 8.96. The Morgan fingerprint density at radius 3 is 2.31 bits per heavy atom. The van der Waals surface area contributed by atoms with Crippen molar-refractivity contribution in [3.05, 3.63) is 74.3 Å². The summed E-state index contributed by atoms with van der Waals surface area (Å²) >= 11 is 12.2. The number of Topliss-reactive ketones (excluding diaryl/α,β-unsaturated/α-hetero) is 1. The number of ether oxygens (including phenoxy) is 1. The summed E-state index contributed by atoms with van der Waals surface area (Å²) < 4.78 is 5.17. The normalized spacial score (nSPS) is 15.9. The van der Waals surface area contributed by atoms with Crippen molar-refractivity contribution in [3.63, 3.8) is 0 Å². The number of aliphatic hydroxyl groups excluding tert-OH is 1. The maximum absolute atomic E-state index is 13.4. The van der Waals surface area contributed by atoms with Crippen molar-refractivity contribution in [1.29, 1.82) is 0 Å². The Morgan fingerprint density at radius 1 is 1.09 bits per heavy atom. The van der Waals surface area contributed by atoms with Crippen LogP contribution in [0.5, 0.6) is 0 Å². The molecule has 1 aliphatic carbocycles. The van der Waals surface area contributed by atoms with Crippen LogP contribution in [-0.4, -0.2) is 34.9 Å². The Hall–Kier alpha value is -2.83. The number of nitrogens with one attached hydrogen (secondary N) is 1. The maximum Gasteiger partial charge on any atom is 0.325 e. The second-order valence-corrected chi connectivity index (χ2v) is 9.32. The molecule has 0 bridgehead atoms. The number of esters is 1. The van der Waals surface area contributed by atoms with Gasteiger partial charge in [-0.2, -0.15) is 0 Å². The number of ketones is 1. The molecule has 8 heteroatoms. The van der Waals surface area contributed by atoms with Gasteiger partial charge in [-0.05, 0) is 62.6 Å². The predicted molar refractivity (Wildman–Crippen MR) is 123 cm³/mol. The van der Waals surface area contributed by atoms with Crippen molar-refractivity contribution < 1.29 is 24.2 Å². The monoisotopic (exact) mass is 475 g/mol. The minimum absolute atomic E-state index is 0.319. The van der Waals surface area contributed by atoms with Crippen LogP contribution in [0.15, 0.2) is 42.0 Å². The van der Waals surface area contributed by atoms with E-state index in [-0.39, 0.29) is 0 Å². The molecule has 1 unspecified atom stereocenters. The zero-order valence-electron chi connectivity index (χ0n) is 18.1. The molecule has 32 heavy (non-hydrogen) atoms. The first-order valence-electron chi connectivity index (χ1n) is 9.93. The molecule has 2 aromatic rings. The first-order chi connectivity index (χ1) is 14.9. The van der Waals surface area contributed by atoms with Crippen molar-refractivity contribution in [3.8, 4) is 0 Å². The number of carbonyl (C=O) groups is 3. The predicted octanol–water partition coefficient (Wildman–Crippen LogP) is 4.74. The highest BCUT2D eigenvalue weighted by Gasteiger charge is 2.39. The average Bonchev–Trinajstić information content (AvgIpc) is 2.69. The quantitative estimate of drug-likeness (QED) is 0.491. The van der Waals surface area contributed by atoms with E-state index in [9.17, 15) is 19.5 Å². The zero-order chi connectivity index (χ0) is 23.8. The summed E-state index contributed by atoms with van der Waals surface area (Å²) in [5.74, 6) is -3.46. The molecule has 0 spiro atoms. The number of aliphatic hydroxyl groups is 1. The third-order valence-electron chi connectivity index (χ3n) is 4.97. The number of hydrogen-bond donors (Lipinski definition) is 2. The molecular weight excluding hydrogens is 453 g/mol. The van der Waals surface area contributed by atoms with Crippen LogP contribution >= 0.6 is 23.2 Å². The molecule has 0 saturated carbocycles. The van der Waals surface area contributed by atoms with E-state index in [0.29, 0.717) is 32.3 Å². The molecule has 1 amide bonds. The van der Waals surface area contributed by atoms with Crippen LogP contribution in [0.25, 0.3) is 5.76 Å². The van der Waals surface area contributed by atoms with Gasteiger partial charge in [0.05, 0.1) is 5.92 Å². The van der Waals surface area contributed by atoms with Gasteiger partial charge in [-0.25, -0.2) is 0 Å². The number of benzene rings is 2. The number of fused-ring (bicyclic) bond motifs is 1. The van der Waals surface area contributed by atoms with Crippen LogP contribution in [0.4, 0.5) is 0 Å². The third-order valence-corrected chi connectivity index (χ3v) is 5.63. The molecule has 2 N–H and O–H groups in total. The number of hydrogen-bond acceptors (Lipinski definition) is 5. The minimum Gasteiger partial charge on any atom is -0.506 e. The molecule has 0 aliphatic heterocycles. The highest BCUT2D eigenvalue weighted by Crippen LogP contribution is 2.42. The van der Waals surface area contributed by atoms with Gasteiger partial charge in [0, 0.05) is 15.6 Å². The van der Waals surface area contributed by atoms with E-state index in [1.54, 1.807) is 64.1 Å². The minimum atomic E-state index is -0.873. The first kappa shape index (κ1) is 23.8. The first-order valence-corrected chi connectivity index (χ1v) is 10.7. The smallest absolute Gasteiger partial charge is 0.325 e. The molecule has 3 rings (SSSR count). The molecule has 0 aromatic heterocycles. The number of halogens is 2. The largest absolute Gasteiger partial charge is 0.506 e. The molecule has 1 atom stereocenters. The van der Waals surface area contributed by atoms with Crippen LogP contribution in [0, 0.1) is 6.92 Å². The fourth-order valence-electron chi connectivity index (χ4n) is 3.61. The van der Waals surface area contributed by atoms with E-state index >= 15 is 0 Å². The van der Waals surface area contributed by atoms with Gasteiger partial charge in [-0.3, -0.25) is 14.4 Å². The lowest BCUT2D eigenvalue weighted by molar-refractivity contribution is -0.154. The van der Waals surface area contributed by atoms with Crippen molar-refractivity contribution >= 4 is 46.6 Å². The lowest BCUT2D eigenvalue weighted by atomic mass is 9.76. The molecule has 0 radical (unpaired) electrons. The van der Waals surface area contributed by atoms with Gasteiger partial charge in [0.2, 0.25) is 0 Å². The Morgan fingerprint density at radius 2 is 1.72 bits per heavy atom. The third kappa shape index (κ3) is 4.81. The fourth-order valence-corrected chi connectivity index (χ4v) is 3.90. The lowest BCUT2D eigenvalue weighted by Gasteiger charge is -2.28. The highest BCUT2D eigenvalue weighted by molar-refractivity contribution is 6.33. The van der Waals surface area contributed by atoms with Crippen LogP contribution in [0.2, 0.25) is 10.0 Å². The highest BCUT2D eigenvalue weighted by atomic mass is 35.5. The molecular formula is C24H23Cl2NO5. The Labute approximate surface area is 196 Å². The van der Waals surface area contributed by atoms with Gasteiger partial charge >= 0.3 is 5.97 Å². The number of amides is 1. The summed E-state index contributed by atoms with van der Waals surface area (Å²) in [7, 11) is 0. The molecule has 6 nitrogen and oxygen atoms in total. The van der Waals surface area contributed by atoms with Gasteiger partial charge in [0.15, 0.2) is 5.78 Å². The van der Waals surface area contributed by atoms with E-state index in [0.717, 1.165) is 0 Å². The molecule has 168 valence electrons. The van der Waals surface area contributed by atoms with Crippen molar-refractivity contribution in [1.82, 2.24) is 5.32 Å². The van der Waals surface area contributed by atoms with Gasteiger partial charge in [0.25, 0.3) is 5.91 Å².